The molecule has 144 valence electrons. The number of para-hydroxylation sites is 1. The Bertz CT molecular complexity index is 955. The second-order valence-corrected chi connectivity index (χ2v) is 10.2. The third-order valence-corrected chi connectivity index (χ3v) is 8.84. The highest BCUT2D eigenvalue weighted by molar-refractivity contribution is 7.94. The molecule has 2 aromatic rings. The molecule has 0 amide bonds. The first kappa shape index (κ1) is 19.0. The molecule has 0 aromatic heterocycles. The van der Waals surface area contributed by atoms with Crippen LogP contribution in [0.1, 0.15) is 12.0 Å². The van der Waals surface area contributed by atoms with Crippen LogP contribution in [-0.2, 0) is 16.6 Å². The summed E-state index contributed by atoms with van der Waals surface area (Å²) in [6.45, 7) is 1.54. The summed E-state index contributed by atoms with van der Waals surface area (Å²) in [5.41, 5.74) is 1.56. The maximum absolute atomic E-state index is 13.3. The minimum atomic E-state index is -3.67. The maximum atomic E-state index is 13.3. The Balaban J connectivity index is 1.57. The maximum Gasteiger partial charge on any atom is 0.244 e. The summed E-state index contributed by atoms with van der Waals surface area (Å²) in [5, 5.41) is 11.7. The van der Waals surface area contributed by atoms with Crippen molar-refractivity contribution in [3.8, 4) is 0 Å². The zero-order valence-electron chi connectivity index (χ0n) is 14.6. The highest BCUT2D eigenvalue weighted by Gasteiger charge is 2.61. The third kappa shape index (κ3) is 3.13. The fourth-order valence-electron chi connectivity index (χ4n) is 4.05. The molecular weight excluding hydrogens is 407 g/mol. The SMILES string of the molecule is O=S1(=O)N(c2ccccc2)CC(O)C12CCN(Cc1ccc(Cl)c(Cl)c1)C2. The van der Waals surface area contributed by atoms with Gasteiger partial charge >= 0.3 is 0 Å². The van der Waals surface area contributed by atoms with Gasteiger partial charge in [0, 0.05) is 19.6 Å². The highest BCUT2D eigenvalue weighted by atomic mass is 35.5. The Morgan fingerprint density at radius 3 is 2.56 bits per heavy atom. The molecule has 2 atom stereocenters. The summed E-state index contributed by atoms with van der Waals surface area (Å²) in [6.07, 6.45) is -0.525. The van der Waals surface area contributed by atoms with Crippen LogP contribution in [0.25, 0.3) is 0 Å². The number of aliphatic hydroxyl groups is 1. The minimum Gasteiger partial charge on any atom is -0.389 e. The molecule has 2 saturated heterocycles. The molecule has 5 nitrogen and oxygen atoms in total. The van der Waals surface area contributed by atoms with E-state index in [0.717, 1.165) is 5.56 Å². The predicted octanol–water partition coefficient (Wildman–Crippen LogP) is 3.15. The van der Waals surface area contributed by atoms with E-state index in [1.165, 1.54) is 4.31 Å². The van der Waals surface area contributed by atoms with Gasteiger partial charge in [-0.15, -0.1) is 0 Å². The van der Waals surface area contributed by atoms with E-state index >= 15 is 0 Å². The molecule has 8 heteroatoms. The quantitative estimate of drug-likeness (QED) is 0.818. The van der Waals surface area contributed by atoms with Gasteiger partial charge in [-0.25, -0.2) is 8.42 Å². The van der Waals surface area contributed by atoms with Gasteiger partial charge in [0.2, 0.25) is 10.0 Å². The van der Waals surface area contributed by atoms with Crippen LogP contribution in [0, 0.1) is 0 Å². The zero-order chi connectivity index (χ0) is 19.2. The number of hydrogen-bond donors (Lipinski definition) is 1. The first-order valence-electron chi connectivity index (χ1n) is 8.75. The fourth-order valence-corrected chi connectivity index (χ4v) is 6.66. The minimum absolute atomic E-state index is 0.0902. The number of sulfonamides is 1. The van der Waals surface area contributed by atoms with Gasteiger partial charge in [0.05, 0.1) is 28.4 Å². The number of rotatable bonds is 3. The largest absolute Gasteiger partial charge is 0.389 e. The lowest BCUT2D eigenvalue weighted by Crippen LogP contribution is -2.47. The topological polar surface area (TPSA) is 60.9 Å². The van der Waals surface area contributed by atoms with Crippen LogP contribution in [-0.4, -0.2) is 48.9 Å². The summed E-state index contributed by atoms with van der Waals surface area (Å²) in [7, 11) is -3.67. The van der Waals surface area contributed by atoms with E-state index in [2.05, 4.69) is 4.90 Å². The average Bonchev–Trinajstić information content (AvgIpc) is 3.16. The van der Waals surface area contributed by atoms with Crippen LogP contribution >= 0.6 is 23.2 Å². The van der Waals surface area contributed by atoms with Crippen LogP contribution in [0.15, 0.2) is 48.5 Å². The molecule has 2 heterocycles. The van der Waals surface area contributed by atoms with E-state index in [1.807, 2.05) is 12.1 Å². The summed E-state index contributed by atoms with van der Waals surface area (Å²) < 4.78 is 26.8. The normalized spacial score (nSPS) is 27.5. The Kier molecular flexibility index (Phi) is 4.89. The van der Waals surface area contributed by atoms with Gasteiger partial charge in [-0.1, -0.05) is 47.5 Å². The summed E-state index contributed by atoms with van der Waals surface area (Å²) in [5.74, 6) is 0. The first-order chi connectivity index (χ1) is 12.8. The molecule has 4 rings (SSSR count). The van der Waals surface area contributed by atoms with E-state index in [0.29, 0.717) is 41.8 Å². The smallest absolute Gasteiger partial charge is 0.244 e. The van der Waals surface area contributed by atoms with Crippen molar-refractivity contribution in [2.45, 2.75) is 23.8 Å². The fraction of sp³-hybridized carbons (Fsp3) is 0.368. The van der Waals surface area contributed by atoms with Gasteiger partial charge in [-0.05, 0) is 36.2 Å². The highest BCUT2D eigenvalue weighted by Crippen LogP contribution is 2.43. The number of benzene rings is 2. The molecule has 1 N–H and O–H groups in total. The van der Waals surface area contributed by atoms with Crippen LogP contribution in [0.5, 0.6) is 0 Å². The van der Waals surface area contributed by atoms with E-state index in [1.54, 1.807) is 36.4 Å². The number of likely N-dealkylation sites (tertiary alicyclic amines) is 1. The van der Waals surface area contributed by atoms with E-state index in [-0.39, 0.29) is 6.54 Å². The lowest BCUT2D eigenvalue weighted by atomic mass is 10.0. The molecule has 27 heavy (non-hydrogen) atoms. The molecule has 2 fully saturated rings. The van der Waals surface area contributed by atoms with Gasteiger partial charge in [0.1, 0.15) is 4.75 Å². The molecule has 0 aliphatic carbocycles. The second kappa shape index (κ2) is 6.94. The zero-order valence-corrected chi connectivity index (χ0v) is 16.9. The second-order valence-electron chi connectivity index (χ2n) is 7.16. The number of halogens is 2. The van der Waals surface area contributed by atoms with Crippen molar-refractivity contribution in [1.29, 1.82) is 0 Å². The van der Waals surface area contributed by atoms with Crippen molar-refractivity contribution >= 4 is 38.9 Å². The van der Waals surface area contributed by atoms with E-state index in [9.17, 15) is 13.5 Å². The standard InChI is InChI=1S/C19H20Cl2N2O3S/c20-16-7-6-14(10-17(16)21)11-22-9-8-19(13-22)18(24)12-23(27(19,25)26)15-4-2-1-3-5-15/h1-7,10,18,24H,8-9,11-13H2. The van der Waals surface area contributed by atoms with Gasteiger partial charge in [-0.2, -0.15) is 0 Å². The average molecular weight is 427 g/mol. The monoisotopic (exact) mass is 426 g/mol. The molecule has 2 unspecified atom stereocenters. The number of β-amino-alcohol motifs (C(OH)–C–C–N with tert-alkyl or cyclic N) is 1. The summed E-state index contributed by atoms with van der Waals surface area (Å²) in [4.78, 5) is 2.05. The Hall–Kier alpha value is -1.31. The summed E-state index contributed by atoms with van der Waals surface area (Å²) >= 11 is 12.0. The lowest BCUT2D eigenvalue weighted by Gasteiger charge is -2.27. The van der Waals surface area contributed by atoms with E-state index < -0.39 is 20.9 Å². The van der Waals surface area contributed by atoms with Crippen molar-refractivity contribution in [2.24, 2.45) is 0 Å². The Morgan fingerprint density at radius 2 is 1.85 bits per heavy atom. The molecular formula is C19H20Cl2N2O3S. The van der Waals surface area contributed by atoms with Crippen molar-refractivity contribution in [3.63, 3.8) is 0 Å². The lowest BCUT2D eigenvalue weighted by molar-refractivity contribution is 0.143. The van der Waals surface area contributed by atoms with Crippen LogP contribution in [0.2, 0.25) is 10.0 Å². The Labute approximate surface area is 169 Å². The van der Waals surface area contributed by atoms with Gasteiger partial charge in [-0.3, -0.25) is 9.21 Å². The van der Waals surface area contributed by atoms with E-state index in [4.69, 9.17) is 23.2 Å². The Morgan fingerprint density at radius 1 is 1.11 bits per heavy atom. The van der Waals surface area contributed by atoms with Crippen molar-refractivity contribution in [2.75, 3.05) is 23.9 Å². The van der Waals surface area contributed by atoms with Crippen molar-refractivity contribution in [1.82, 2.24) is 4.90 Å². The number of nitrogens with zero attached hydrogens (tertiary/aromatic N) is 2. The molecule has 0 saturated carbocycles. The van der Waals surface area contributed by atoms with Gasteiger partial charge in [0.25, 0.3) is 0 Å². The number of hydrogen-bond acceptors (Lipinski definition) is 4. The molecule has 1 spiro atoms. The van der Waals surface area contributed by atoms with Crippen LogP contribution in [0.4, 0.5) is 5.69 Å². The van der Waals surface area contributed by atoms with Gasteiger partial charge in [0.15, 0.2) is 0 Å². The molecule has 0 bridgehead atoms. The summed E-state index contributed by atoms with van der Waals surface area (Å²) in [6, 6.07) is 14.4. The van der Waals surface area contributed by atoms with Crippen molar-refractivity contribution in [3.05, 3.63) is 64.1 Å². The first-order valence-corrected chi connectivity index (χ1v) is 10.9. The molecule has 2 aliphatic heterocycles. The van der Waals surface area contributed by atoms with Crippen LogP contribution in [0.3, 0.4) is 0 Å². The van der Waals surface area contributed by atoms with Gasteiger partial charge < -0.3 is 5.11 Å². The predicted molar refractivity (Wildman–Crippen MR) is 108 cm³/mol. The molecule has 2 aliphatic rings. The number of anilines is 1. The molecule has 2 aromatic carbocycles. The van der Waals surface area contributed by atoms with Crippen molar-refractivity contribution < 1.29 is 13.5 Å². The molecule has 0 radical (unpaired) electrons. The van der Waals surface area contributed by atoms with Crippen LogP contribution < -0.4 is 4.31 Å². The number of aliphatic hydroxyl groups excluding tert-OH is 1. The third-order valence-electron chi connectivity index (χ3n) is 5.53.